The van der Waals surface area contributed by atoms with Crippen LogP contribution in [0, 0.1) is 5.41 Å². The molecule has 0 spiro atoms. The van der Waals surface area contributed by atoms with E-state index in [9.17, 15) is 14.7 Å². The van der Waals surface area contributed by atoms with Crippen LogP contribution in [0.15, 0.2) is 35.6 Å². The number of carbonyl (C=O) groups excluding carboxylic acids is 2. The van der Waals surface area contributed by atoms with Gasteiger partial charge in [-0.15, -0.1) is 0 Å². The van der Waals surface area contributed by atoms with Gasteiger partial charge in [-0.3, -0.25) is 9.59 Å². The highest BCUT2D eigenvalue weighted by Crippen LogP contribution is 2.41. The number of ether oxygens (including phenoxy) is 1. The molecule has 6 nitrogen and oxygen atoms in total. The molecule has 0 aromatic heterocycles. The number of methoxy groups -OCH3 is 1. The average Bonchev–Trinajstić information content (AvgIpc) is 2.84. The number of Topliss-reactive ketones (excluding diaryl/α,β-unsaturated/α-hetero) is 1. The number of hydrogen-bond acceptors (Lipinski definition) is 5. The van der Waals surface area contributed by atoms with Crippen molar-refractivity contribution in [1.29, 1.82) is 0 Å². The van der Waals surface area contributed by atoms with Gasteiger partial charge in [0.05, 0.1) is 18.7 Å². The van der Waals surface area contributed by atoms with Crippen LogP contribution in [0.3, 0.4) is 0 Å². The molecule has 1 amide bonds. The van der Waals surface area contributed by atoms with E-state index in [2.05, 4.69) is 0 Å². The Balaban J connectivity index is 2.49. The van der Waals surface area contributed by atoms with Crippen LogP contribution in [0.5, 0.6) is 5.75 Å². The maximum atomic E-state index is 13.1. The molecule has 0 saturated carbocycles. The van der Waals surface area contributed by atoms with Gasteiger partial charge >= 0.3 is 0 Å². The van der Waals surface area contributed by atoms with Crippen LogP contribution in [0.1, 0.15) is 38.8 Å². The first kappa shape index (κ1) is 21.0. The number of aliphatic hydroxyl groups excluding tert-OH is 1. The number of nitrogens with zero attached hydrogens (tertiary/aromatic N) is 2. The van der Waals surface area contributed by atoms with Gasteiger partial charge in [0.15, 0.2) is 11.5 Å². The van der Waals surface area contributed by atoms with Crippen molar-refractivity contribution in [3.63, 3.8) is 0 Å². The van der Waals surface area contributed by atoms with Crippen molar-refractivity contribution in [2.24, 2.45) is 5.41 Å². The molecule has 0 bridgehead atoms. The Hall–Kier alpha value is -2.34. The van der Waals surface area contributed by atoms with Crippen LogP contribution in [-0.4, -0.2) is 60.9 Å². The fourth-order valence-corrected chi connectivity index (χ4v) is 3.24. The summed E-state index contributed by atoms with van der Waals surface area (Å²) in [4.78, 5) is 29.5. The molecule has 1 atom stereocenters. The molecule has 0 saturated heterocycles. The van der Waals surface area contributed by atoms with Crippen molar-refractivity contribution in [2.75, 3.05) is 34.3 Å². The SMILES string of the molecule is COc1cccc(C2C(C(=O)C(C)(C)C)=C(O)C(=O)N2CCCN(C)C)c1. The second kappa shape index (κ2) is 8.13. The first-order valence-corrected chi connectivity index (χ1v) is 9.15. The van der Waals surface area contributed by atoms with Crippen LogP contribution in [0.25, 0.3) is 0 Å². The van der Waals surface area contributed by atoms with Gasteiger partial charge in [-0.1, -0.05) is 32.9 Å². The van der Waals surface area contributed by atoms with Gasteiger partial charge < -0.3 is 19.6 Å². The first-order chi connectivity index (χ1) is 12.6. The highest BCUT2D eigenvalue weighted by molar-refractivity contribution is 6.10. The van der Waals surface area contributed by atoms with Crippen LogP contribution < -0.4 is 4.74 Å². The zero-order valence-corrected chi connectivity index (χ0v) is 17.1. The average molecular weight is 374 g/mol. The zero-order valence-electron chi connectivity index (χ0n) is 17.1. The van der Waals surface area contributed by atoms with Gasteiger partial charge in [0.25, 0.3) is 5.91 Å². The molecule has 27 heavy (non-hydrogen) atoms. The number of carbonyl (C=O) groups is 2. The number of aliphatic hydroxyl groups is 1. The largest absolute Gasteiger partial charge is 0.503 e. The normalized spacial score (nSPS) is 17.8. The minimum absolute atomic E-state index is 0.172. The lowest BCUT2D eigenvalue weighted by atomic mass is 9.82. The molecule has 2 rings (SSSR count). The van der Waals surface area contributed by atoms with Gasteiger partial charge in [-0.05, 0) is 44.8 Å². The van der Waals surface area contributed by atoms with E-state index in [1.54, 1.807) is 32.8 Å². The van der Waals surface area contributed by atoms with E-state index in [1.807, 2.05) is 43.3 Å². The van der Waals surface area contributed by atoms with E-state index in [1.165, 1.54) is 0 Å². The third kappa shape index (κ3) is 4.50. The predicted molar refractivity (Wildman–Crippen MR) is 105 cm³/mol. The van der Waals surface area contributed by atoms with E-state index < -0.39 is 23.1 Å². The number of amides is 1. The second-order valence-electron chi connectivity index (χ2n) is 8.18. The van der Waals surface area contributed by atoms with E-state index in [0.29, 0.717) is 12.3 Å². The van der Waals surface area contributed by atoms with Gasteiger partial charge in [-0.2, -0.15) is 0 Å². The van der Waals surface area contributed by atoms with Crippen LogP contribution in [-0.2, 0) is 9.59 Å². The van der Waals surface area contributed by atoms with E-state index in [0.717, 1.165) is 18.5 Å². The van der Waals surface area contributed by atoms with Crippen LogP contribution in [0.2, 0.25) is 0 Å². The van der Waals surface area contributed by atoms with Crippen molar-refractivity contribution < 1.29 is 19.4 Å². The molecule has 1 aromatic carbocycles. The Morgan fingerprint density at radius 3 is 2.52 bits per heavy atom. The fourth-order valence-electron chi connectivity index (χ4n) is 3.24. The molecule has 1 aromatic rings. The summed E-state index contributed by atoms with van der Waals surface area (Å²) in [6, 6.07) is 6.69. The number of hydrogen-bond donors (Lipinski definition) is 1. The molecule has 148 valence electrons. The summed E-state index contributed by atoms with van der Waals surface area (Å²) in [5, 5.41) is 10.6. The van der Waals surface area contributed by atoms with E-state index in [-0.39, 0.29) is 11.4 Å². The predicted octanol–water partition coefficient (Wildman–Crippen LogP) is 2.96. The molecule has 1 unspecified atom stereocenters. The lowest BCUT2D eigenvalue weighted by molar-refractivity contribution is -0.129. The molecule has 6 heteroatoms. The molecule has 1 N–H and O–H groups in total. The standard InChI is InChI=1S/C21H30N2O4/c1-21(2,3)19(25)16-17(14-9-7-10-15(13-14)27-6)23(20(26)18(16)24)12-8-11-22(4)5/h7,9-10,13,17,24H,8,11-12H2,1-6H3. The van der Waals surface area contributed by atoms with E-state index in [4.69, 9.17) is 4.74 Å². The molecule has 1 aliphatic rings. The van der Waals surface area contributed by atoms with Crippen molar-refractivity contribution in [2.45, 2.75) is 33.2 Å². The molecular formula is C21H30N2O4. The minimum atomic E-state index is -0.708. The third-order valence-corrected chi connectivity index (χ3v) is 4.64. The van der Waals surface area contributed by atoms with Gasteiger partial charge in [-0.25, -0.2) is 0 Å². The lowest BCUT2D eigenvalue weighted by Gasteiger charge is -2.29. The second-order valence-corrected chi connectivity index (χ2v) is 8.18. The Morgan fingerprint density at radius 1 is 1.30 bits per heavy atom. The smallest absolute Gasteiger partial charge is 0.290 e. The maximum Gasteiger partial charge on any atom is 0.290 e. The topological polar surface area (TPSA) is 70.1 Å². The monoisotopic (exact) mass is 374 g/mol. The summed E-state index contributed by atoms with van der Waals surface area (Å²) in [6.07, 6.45) is 0.740. The summed E-state index contributed by atoms with van der Waals surface area (Å²) < 4.78 is 5.31. The maximum absolute atomic E-state index is 13.1. The number of ketones is 1. The highest BCUT2D eigenvalue weighted by Gasteiger charge is 2.45. The zero-order chi connectivity index (χ0) is 20.4. The summed E-state index contributed by atoms with van der Waals surface area (Å²) in [5.74, 6) is -0.514. The lowest BCUT2D eigenvalue weighted by Crippen LogP contribution is -2.34. The number of rotatable bonds is 7. The van der Waals surface area contributed by atoms with Crippen molar-refractivity contribution in [1.82, 2.24) is 9.80 Å². The molecule has 0 aliphatic carbocycles. The van der Waals surface area contributed by atoms with Crippen LogP contribution in [0.4, 0.5) is 0 Å². The van der Waals surface area contributed by atoms with Gasteiger partial charge in [0.1, 0.15) is 5.75 Å². The summed E-state index contributed by atoms with van der Waals surface area (Å²) in [5.41, 5.74) is 0.218. The van der Waals surface area contributed by atoms with E-state index >= 15 is 0 Å². The molecule has 1 aliphatic heterocycles. The van der Waals surface area contributed by atoms with Crippen molar-refractivity contribution in [3.8, 4) is 5.75 Å². The summed E-state index contributed by atoms with van der Waals surface area (Å²) >= 11 is 0. The molecular weight excluding hydrogens is 344 g/mol. The van der Waals surface area contributed by atoms with Gasteiger partial charge in [0.2, 0.25) is 0 Å². The van der Waals surface area contributed by atoms with Crippen LogP contribution >= 0.6 is 0 Å². The van der Waals surface area contributed by atoms with Crippen molar-refractivity contribution in [3.05, 3.63) is 41.2 Å². The third-order valence-electron chi connectivity index (χ3n) is 4.64. The quantitative estimate of drug-likeness (QED) is 0.795. The Bertz CT molecular complexity index is 747. The van der Waals surface area contributed by atoms with Gasteiger partial charge in [0, 0.05) is 12.0 Å². The Morgan fingerprint density at radius 2 is 1.96 bits per heavy atom. The highest BCUT2D eigenvalue weighted by atomic mass is 16.5. The molecule has 1 heterocycles. The number of benzene rings is 1. The minimum Gasteiger partial charge on any atom is -0.503 e. The fraction of sp³-hybridized carbons (Fsp3) is 0.524. The Labute approximate surface area is 161 Å². The Kier molecular flexibility index (Phi) is 6.31. The molecule has 0 fully saturated rings. The first-order valence-electron chi connectivity index (χ1n) is 9.15. The summed E-state index contributed by atoms with van der Waals surface area (Å²) in [7, 11) is 5.51. The van der Waals surface area contributed by atoms with Crippen molar-refractivity contribution >= 4 is 11.7 Å². The molecule has 0 radical (unpaired) electrons. The summed E-state index contributed by atoms with van der Waals surface area (Å²) in [6.45, 7) is 6.62.